The second kappa shape index (κ2) is 5.51. The molecule has 0 atom stereocenters. The summed E-state index contributed by atoms with van der Waals surface area (Å²) < 4.78 is 5.62. The van der Waals surface area contributed by atoms with E-state index in [-0.39, 0.29) is 0 Å². The molecule has 0 fully saturated rings. The molecule has 0 bridgehead atoms. The molecule has 3 aromatic carbocycles. The maximum absolute atomic E-state index is 6.00. The molecule has 1 aliphatic heterocycles. The van der Waals surface area contributed by atoms with Crippen molar-refractivity contribution in [3.63, 3.8) is 0 Å². The summed E-state index contributed by atoms with van der Waals surface area (Å²) in [7, 11) is 0. The molecule has 4 rings (SSSR count). The van der Waals surface area contributed by atoms with Crippen molar-refractivity contribution in [3.05, 3.63) is 83.9 Å². The van der Waals surface area contributed by atoms with Crippen molar-refractivity contribution in [2.24, 2.45) is 0 Å². The van der Waals surface area contributed by atoms with Gasteiger partial charge >= 0.3 is 0 Å². The molecule has 0 aromatic heterocycles. The first-order valence-corrected chi connectivity index (χ1v) is 7.57. The fourth-order valence-electron chi connectivity index (χ4n) is 2.77. The minimum absolute atomic E-state index is 0.719. The standard InChI is InChI=1S/C20H13ClO/c21-18-8-6-15(7-9-18)19-13-17(14-4-2-1-3-5-14)12-16-10-11-22-20(16)19/h1-9,12-13H,10H2. The van der Waals surface area contributed by atoms with Crippen LogP contribution in [0.4, 0.5) is 0 Å². The van der Waals surface area contributed by atoms with E-state index in [0.717, 1.165) is 28.3 Å². The lowest BCUT2D eigenvalue weighted by Crippen LogP contribution is -1.88. The van der Waals surface area contributed by atoms with Crippen molar-refractivity contribution < 1.29 is 4.74 Å². The van der Waals surface area contributed by atoms with Gasteiger partial charge in [0.2, 0.25) is 6.61 Å². The fourth-order valence-corrected chi connectivity index (χ4v) is 2.89. The zero-order valence-corrected chi connectivity index (χ0v) is 12.6. The topological polar surface area (TPSA) is 9.23 Å². The highest BCUT2D eigenvalue weighted by Crippen LogP contribution is 2.41. The number of rotatable bonds is 2. The first-order chi connectivity index (χ1) is 10.8. The lowest BCUT2D eigenvalue weighted by molar-refractivity contribution is 0.436. The van der Waals surface area contributed by atoms with Crippen LogP contribution in [-0.4, -0.2) is 0 Å². The van der Waals surface area contributed by atoms with E-state index < -0.39 is 0 Å². The molecule has 2 radical (unpaired) electrons. The van der Waals surface area contributed by atoms with Crippen LogP contribution in [0.1, 0.15) is 5.56 Å². The second-order valence-corrected chi connectivity index (χ2v) is 5.74. The summed E-state index contributed by atoms with van der Waals surface area (Å²) in [5.41, 5.74) is 5.75. The van der Waals surface area contributed by atoms with E-state index in [9.17, 15) is 0 Å². The Bertz CT molecular complexity index is 807. The van der Waals surface area contributed by atoms with Gasteiger partial charge in [0.15, 0.2) is 0 Å². The first kappa shape index (κ1) is 13.4. The number of hydrogen-bond donors (Lipinski definition) is 0. The minimum atomic E-state index is 0.719. The van der Waals surface area contributed by atoms with Gasteiger partial charge in [-0.15, -0.1) is 0 Å². The molecular formula is C20H13ClO. The van der Waals surface area contributed by atoms with E-state index in [1.807, 2.05) is 30.3 Å². The summed E-state index contributed by atoms with van der Waals surface area (Å²) in [5.74, 6) is 0.905. The van der Waals surface area contributed by atoms with Crippen LogP contribution in [0.15, 0.2) is 66.7 Å². The van der Waals surface area contributed by atoms with Gasteiger partial charge in [-0.05, 0) is 46.5 Å². The zero-order valence-electron chi connectivity index (χ0n) is 11.8. The van der Waals surface area contributed by atoms with Crippen LogP contribution in [0.2, 0.25) is 5.02 Å². The Kier molecular flexibility index (Phi) is 3.36. The summed E-state index contributed by atoms with van der Waals surface area (Å²) in [6, 6.07) is 22.6. The average Bonchev–Trinajstić information content (AvgIpc) is 3.04. The molecule has 0 saturated carbocycles. The average molecular weight is 305 g/mol. The van der Waals surface area contributed by atoms with Gasteiger partial charge in [0.1, 0.15) is 5.75 Å². The van der Waals surface area contributed by atoms with E-state index in [1.165, 1.54) is 16.7 Å². The SMILES string of the molecule is Clc1ccc(-c2cc(-c3ccccc3)cc3c2O[C]C3)cc1. The molecule has 0 spiro atoms. The van der Waals surface area contributed by atoms with Gasteiger partial charge in [-0.3, -0.25) is 0 Å². The maximum Gasteiger partial charge on any atom is 0.201 e. The van der Waals surface area contributed by atoms with Gasteiger partial charge in [-0.25, -0.2) is 0 Å². The Labute approximate surface area is 135 Å². The number of ether oxygens (including phenoxy) is 1. The highest BCUT2D eigenvalue weighted by Gasteiger charge is 2.20. The molecule has 1 nitrogen and oxygen atoms in total. The highest BCUT2D eigenvalue weighted by atomic mass is 35.5. The minimum Gasteiger partial charge on any atom is -0.477 e. The predicted molar refractivity (Wildman–Crippen MR) is 89.9 cm³/mol. The van der Waals surface area contributed by atoms with Gasteiger partial charge in [-0.1, -0.05) is 54.1 Å². The van der Waals surface area contributed by atoms with Gasteiger partial charge in [0, 0.05) is 17.0 Å². The van der Waals surface area contributed by atoms with Gasteiger partial charge in [0.05, 0.1) is 0 Å². The Morgan fingerprint density at radius 3 is 2.36 bits per heavy atom. The van der Waals surface area contributed by atoms with Crippen LogP contribution >= 0.6 is 11.6 Å². The molecular weight excluding hydrogens is 292 g/mol. The number of hydrogen-bond acceptors (Lipinski definition) is 1. The van der Waals surface area contributed by atoms with E-state index in [0.29, 0.717) is 0 Å². The largest absolute Gasteiger partial charge is 0.477 e. The van der Waals surface area contributed by atoms with Crippen molar-refractivity contribution in [3.8, 4) is 28.0 Å². The monoisotopic (exact) mass is 304 g/mol. The highest BCUT2D eigenvalue weighted by molar-refractivity contribution is 6.30. The summed E-state index contributed by atoms with van der Waals surface area (Å²) in [4.78, 5) is 0. The van der Waals surface area contributed by atoms with E-state index >= 15 is 0 Å². The summed E-state index contributed by atoms with van der Waals surface area (Å²) in [6.45, 7) is 2.96. The molecule has 106 valence electrons. The van der Waals surface area contributed by atoms with Gasteiger partial charge in [-0.2, -0.15) is 0 Å². The summed E-state index contributed by atoms with van der Waals surface area (Å²) in [6.07, 6.45) is 0.719. The van der Waals surface area contributed by atoms with Crippen molar-refractivity contribution in [1.82, 2.24) is 0 Å². The summed E-state index contributed by atoms with van der Waals surface area (Å²) >= 11 is 6.00. The zero-order chi connectivity index (χ0) is 14.9. The van der Waals surface area contributed by atoms with Gasteiger partial charge in [0.25, 0.3) is 0 Å². The van der Waals surface area contributed by atoms with E-state index in [4.69, 9.17) is 16.3 Å². The molecule has 1 aliphatic rings. The predicted octanol–water partition coefficient (Wildman–Crippen LogP) is 5.65. The van der Waals surface area contributed by atoms with Crippen molar-refractivity contribution in [2.75, 3.05) is 0 Å². The van der Waals surface area contributed by atoms with Crippen molar-refractivity contribution >= 4 is 11.6 Å². The normalized spacial score (nSPS) is 12.8. The van der Waals surface area contributed by atoms with Crippen LogP contribution in [-0.2, 0) is 6.42 Å². The van der Waals surface area contributed by atoms with Crippen molar-refractivity contribution in [2.45, 2.75) is 6.42 Å². The van der Waals surface area contributed by atoms with Crippen LogP contribution in [0, 0.1) is 6.61 Å². The molecule has 0 amide bonds. The fraction of sp³-hybridized carbons (Fsp3) is 0.0500. The third-order valence-electron chi connectivity index (χ3n) is 3.87. The van der Waals surface area contributed by atoms with E-state index in [2.05, 4.69) is 43.0 Å². The third kappa shape index (κ3) is 2.38. The molecule has 0 saturated heterocycles. The van der Waals surface area contributed by atoms with Crippen LogP contribution in [0.5, 0.6) is 5.75 Å². The molecule has 0 N–H and O–H groups in total. The molecule has 1 heterocycles. The Hall–Kier alpha value is -2.25. The van der Waals surface area contributed by atoms with Crippen LogP contribution < -0.4 is 4.74 Å². The van der Waals surface area contributed by atoms with Crippen molar-refractivity contribution in [1.29, 1.82) is 0 Å². The number of fused-ring (bicyclic) bond motifs is 1. The molecule has 22 heavy (non-hydrogen) atoms. The van der Waals surface area contributed by atoms with Crippen LogP contribution in [0.25, 0.3) is 22.3 Å². The van der Waals surface area contributed by atoms with Crippen LogP contribution in [0.3, 0.4) is 0 Å². The smallest absolute Gasteiger partial charge is 0.201 e. The van der Waals surface area contributed by atoms with Gasteiger partial charge < -0.3 is 4.74 Å². The lowest BCUT2D eigenvalue weighted by Gasteiger charge is -2.12. The molecule has 3 aromatic rings. The Morgan fingerprint density at radius 1 is 0.818 bits per heavy atom. The number of benzene rings is 3. The number of halogens is 1. The van der Waals surface area contributed by atoms with E-state index in [1.54, 1.807) is 0 Å². The molecule has 0 aliphatic carbocycles. The Morgan fingerprint density at radius 2 is 1.59 bits per heavy atom. The second-order valence-electron chi connectivity index (χ2n) is 5.31. The summed E-state index contributed by atoms with van der Waals surface area (Å²) in [5, 5.41) is 0.735. The first-order valence-electron chi connectivity index (χ1n) is 7.19. The lowest BCUT2D eigenvalue weighted by atomic mass is 9.95. The molecule has 2 heteroatoms. The quantitative estimate of drug-likeness (QED) is 0.594. The third-order valence-corrected chi connectivity index (χ3v) is 4.12. The Balaban J connectivity index is 1.90. The molecule has 0 unspecified atom stereocenters. The maximum atomic E-state index is 6.00.